The van der Waals surface area contributed by atoms with E-state index in [-0.39, 0.29) is 21.1 Å². The summed E-state index contributed by atoms with van der Waals surface area (Å²) >= 11 is 0. The molecule has 1 heteroatoms. The Morgan fingerprint density at radius 2 is 0.708 bits per heavy atom. The maximum atomic E-state index is 2.39. The molecule has 0 atom stereocenters. The monoisotopic (exact) mass is 509 g/mol. The summed E-state index contributed by atoms with van der Waals surface area (Å²) in [5.74, 6) is 0. The maximum absolute atomic E-state index is 2.39. The first kappa shape index (κ1) is 24.0. The number of hydrogen-bond donors (Lipinski definition) is 0. The van der Waals surface area contributed by atoms with E-state index in [1.807, 2.05) is 30.3 Å². The molecule has 0 radical (unpaired) electrons. The Kier molecular flexibility index (Phi) is 21.1. The molecule has 24 heavy (non-hydrogen) atoms. The van der Waals surface area contributed by atoms with E-state index in [0.717, 1.165) is 0 Å². The molecule has 0 saturated heterocycles. The van der Waals surface area contributed by atoms with Crippen molar-refractivity contribution in [2.24, 2.45) is 0 Å². The van der Waals surface area contributed by atoms with Crippen molar-refractivity contribution in [2.45, 2.75) is 96.3 Å². The minimum absolute atomic E-state index is 0. The predicted molar refractivity (Wildman–Crippen MR) is 104 cm³/mol. The van der Waals surface area contributed by atoms with E-state index in [0.29, 0.717) is 0 Å². The standard InChI is InChI=1S/3C6H11.C5H5.Pt/c3*1-2-4-6-5-3-1;1-2-4-5-3-1;/h3*1H,2-6H2;1-5H;/q4*-1;+4. The Morgan fingerprint density at radius 3 is 0.792 bits per heavy atom. The molecule has 0 nitrogen and oxygen atoms in total. The average molecular weight is 510 g/mol. The van der Waals surface area contributed by atoms with Gasteiger partial charge >= 0.3 is 21.1 Å². The Labute approximate surface area is 166 Å². The second-order valence-electron chi connectivity index (χ2n) is 6.74. The summed E-state index contributed by atoms with van der Waals surface area (Å²) in [5.41, 5.74) is 0. The molecule has 0 spiro atoms. The van der Waals surface area contributed by atoms with Crippen LogP contribution in [0, 0.1) is 19.3 Å². The van der Waals surface area contributed by atoms with Crippen LogP contribution in [0.15, 0.2) is 30.3 Å². The van der Waals surface area contributed by atoms with Crippen molar-refractivity contribution in [2.75, 3.05) is 0 Å². The Hall–Kier alpha value is 0.0383. The van der Waals surface area contributed by atoms with Crippen LogP contribution in [0.5, 0.6) is 0 Å². The van der Waals surface area contributed by atoms with Crippen LogP contribution in [0.25, 0.3) is 0 Å². The van der Waals surface area contributed by atoms with Crippen LogP contribution < -0.4 is 0 Å². The minimum atomic E-state index is 0. The van der Waals surface area contributed by atoms with Crippen molar-refractivity contribution < 1.29 is 21.1 Å². The van der Waals surface area contributed by atoms with Crippen molar-refractivity contribution in [3.8, 4) is 0 Å². The summed E-state index contributed by atoms with van der Waals surface area (Å²) in [6.45, 7) is 0. The minimum Gasteiger partial charge on any atom is -0.328 e. The molecule has 3 aliphatic rings. The molecule has 0 aliphatic heterocycles. The van der Waals surface area contributed by atoms with E-state index in [1.54, 1.807) is 0 Å². The summed E-state index contributed by atoms with van der Waals surface area (Å²) in [5, 5.41) is 0. The summed E-state index contributed by atoms with van der Waals surface area (Å²) in [6.07, 6.45) is 28.5. The van der Waals surface area contributed by atoms with Crippen molar-refractivity contribution in [3.05, 3.63) is 49.6 Å². The summed E-state index contributed by atoms with van der Waals surface area (Å²) < 4.78 is 0. The molecule has 3 aliphatic carbocycles. The molecule has 0 aromatic heterocycles. The van der Waals surface area contributed by atoms with E-state index in [2.05, 4.69) is 19.3 Å². The first-order valence-electron chi connectivity index (χ1n) is 10.1. The molecule has 4 rings (SSSR count). The van der Waals surface area contributed by atoms with E-state index in [9.17, 15) is 0 Å². The van der Waals surface area contributed by atoms with Crippen LogP contribution in [-0.4, -0.2) is 0 Å². The fourth-order valence-electron chi connectivity index (χ4n) is 3.02. The van der Waals surface area contributed by atoms with Gasteiger partial charge in [0.15, 0.2) is 0 Å². The molecule has 0 bridgehead atoms. The van der Waals surface area contributed by atoms with E-state index in [1.165, 1.54) is 96.3 Å². The van der Waals surface area contributed by atoms with Crippen LogP contribution in [0.3, 0.4) is 0 Å². The fourth-order valence-corrected chi connectivity index (χ4v) is 3.02. The normalized spacial score (nSPS) is 19.7. The fraction of sp³-hybridized carbons (Fsp3) is 0.652. The molecule has 3 fully saturated rings. The first-order chi connectivity index (χ1) is 11.5. The number of rotatable bonds is 0. The van der Waals surface area contributed by atoms with Gasteiger partial charge in [0.1, 0.15) is 0 Å². The third kappa shape index (κ3) is 18.4. The third-order valence-electron chi connectivity index (χ3n) is 4.51. The van der Waals surface area contributed by atoms with Crippen LogP contribution >= 0.6 is 0 Å². The SMILES string of the molecule is [CH-]1CCCCC1.[CH-]1CCCCC1.[CH-]1CCCCC1.[Pt+4].c1cc[cH-]c1. The van der Waals surface area contributed by atoms with Gasteiger partial charge in [-0.1, -0.05) is 57.8 Å². The topological polar surface area (TPSA) is 0 Å². The van der Waals surface area contributed by atoms with Crippen molar-refractivity contribution >= 4 is 0 Å². The summed E-state index contributed by atoms with van der Waals surface area (Å²) in [7, 11) is 0. The van der Waals surface area contributed by atoms with Gasteiger partial charge < -0.3 is 19.3 Å². The van der Waals surface area contributed by atoms with Gasteiger partial charge in [0.2, 0.25) is 0 Å². The molecule has 1 aromatic carbocycles. The largest absolute Gasteiger partial charge is 4.00 e. The average Bonchev–Trinajstić information content (AvgIpc) is 3.27. The van der Waals surface area contributed by atoms with E-state index in [4.69, 9.17) is 0 Å². The molecule has 0 N–H and O–H groups in total. The molecule has 1 aromatic rings. The first-order valence-corrected chi connectivity index (χ1v) is 10.1. The van der Waals surface area contributed by atoms with Crippen molar-refractivity contribution in [1.82, 2.24) is 0 Å². The summed E-state index contributed by atoms with van der Waals surface area (Å²) in [4.78, 5) is 0. The van der Waals surface area contributed by atoms with Crippen LogP contribution in [0.4, 0.5) is 0 Å². The Bertz CT molecular complexity index is 199. The quantitative estimate of drug-likeness (QED) is 0.312. The third-order valence-corrected chi connectivity index (χ3v) is 4.51. The van der Waals surface area contributed by atoms with Crippen LogP contribution in [0.1, 0.15) is 96.3 Å². The maximum Gasteiger partial charge on any atom is 4.00 e. The van der Waals surface area contributed by atoms with Gasteiger partial charge in [0.05, 0.1) is 0 Å². The summed E-state index contributed by atoms with van der Waals surface area (Å²) in [6, 6.07) is 10.0. The van der Waals surface area contributed by atoms with E-state index < -0.39 is 0 Å². The van der Waals surface area contributed by atoms with Gasteiger partial charge in [-0.25, -0.2) is 12.1 Å². The second kappa shape index (κ2) is 21.1. The van der Waals surface area contributed by atoms with Crippen LogP contribution in [-0.2, 0) is 21.1 Å². The van der Waals surface area contributed by atoms with Gasteiger partial charge in [0.25, 0.3) is 0 Å². The zero-order chi connectivity index (χ0) is 16.3. The number of hydrogen-bond acceptors (Lipinski definition) is 0. The van der Waals surface area contributed by atoms with Gasteiger partial charge in [-0.05, 0) is 0 Å². The van der Waals surface area contributed by atoms with E-state index >= 15 is 0 Å². The molecule has 0 unspecified atom stereocenters. The van der Waals surface area contributed by atoms with Crippen molar-refractivity contribution in [1.29, 1.82) is 0 Å². The van der Waals surface area contributed by atoms with Crippen molar-refractivity contribution in [3.63, 3.8) is 0 Å². The smallest absolute Gasteiger partial charge is 0.328 e. The Morgan fingerprint density at radius 1 is 0.417 bits per heavy atom. The molecular formula is C23H38Pt. The molecule has 140 valence electrons. The van der Waals surface area contributed by atoms with Crippen LogP contribution in [0.2, 0.25) is 0 Å². The van der Waals surface area contributed by atoms with Gasteiger partial charge in [0, 0.05) is 0 Å². The molecular weight excluding hydrogens is 471 g/mol. The van der Waals surface area contributed by atoms with Gasteiger partial charge in [-0.2, -0.15) is 56.7 Å². The zero-order valence-corrected chi connectivity index (χ0v) is 17.8. The predicted octanol–water partition coefficient (Wildman–Crippen LogP) is 7.87. The molecule has 0 amide bonds. The zero-order valence-electron chi connectivity index (χ0n) is 15.5. The van der Waals surface area contributed by atoms with Gasteiger partial charge in [-0.15, -0.1) is 0 Å². The molecule has 3 saturated carbocycles. The Balaban J connectivity index is 0.000000291. The molecule has 0 heterocycles. The van der Waals surface area contributed by atoms with Gasteiger partial charge in [-0.3, -0.25) is 0 Å². The second-order valence-corrected chi connectivity index (χ2v) is 6.74.